The lowest BCUT2D eigenvalue weighted by Gasteiger charge is -2.18. The van der Waals surface area contributed by atoms with Crippen molar-refractivity contribution >= 4 is 23.4 Å². The van der Waals surface area contributed by atoms with Crippen LogP contribution in [0.25, 0.3) is 11.3 Å². The molecule has 0 spiro atoms. The van der Waals surface area contributed by atoms with E-state index in [1.165, 1.54) is 4.57 Å². The van der Waals surface area contributed by atoms with Crippen LogP contribution in [-0.2, 0) is 13.5 Å². The summed E-state index contributed by atoms with van der Waals surface area (Å²) in [5, 5.41) is 8.58. The Morgan fingerprint density at radius 2 is 1.63 bits per heavy atom. The number of pyridine rings is 1. The minimum absolute atomic E-state index is 0.0614. The first-order valence-corrected chi connectivity index (χ1v) is 11.2. The van der Waals surface area contributed by atoms with Crippen molar-refractivity contribution in [2.75, 3.05) is 22.5 Å². The van der Waals surface area contributed by atoms with Gasteiger partial charge in [0.15, 0.2) is 0 Å². The summed E-state index contributed by atoms with van der Waals surface area (Å²) in [4.78, 5) is 34.7. The summed E-state index contributed by atoms with van der Waals surface area (Å²) >= 11 is 0. The van der Waals surface area contributed by atoms with E-state index in [4.69, 9.17) is 5.73 Å². The quantitative estimate of drug-likeness (QED) is 0.313. The van der Waals surface area contributed by atoms with E-state index in [0.717, 1.165) is 5.56 Å². The molecule has 0 aliphatic heterocycles. The van der Waals surface area contributed by atoms with Gasteiger partial charge in [-0.15, -0.1) is 0 Å². The van der Waals surface area contributed by atoms with Crippen molar-refractivity contribution in [1.82, 2.24) is 14.5 Å². The van der Waals surface area contributed by atoms with Crippen LogP contribution in [0.4, 0.5) is 22.1 Å². The number of rotatable bonds is 8. The van der Waals surface area contributed by atoms with E-state index in [1.807, 2.05) is 48.5 Å². The van der Waals surface area contributed by atoms with Crippen LogP contribution in [0.15, 0.2) is 90.0 Å². The summed E-state index contributed by atoms with van der Waals surface area (Å²) in [6.07, 6.45) is 3.88. The second-order valence-corrected chi connectivity index (χ2v) is 8.03. The van der Waals surface area contributed by atoms with Crippen LogP contribution in [0.1, 0.15) is 5.56 Å². The van der Waals surface area contributed by atoms with Gasteiger partial charge in [0.05, 0.1) is 0 Å². The Labute approximate surface area is 203 Å². The number of anilines is 3. The molecule has 4 rings (SSSR count). The van der Waals surface area contributed by atoms with Gasteiger partial charge in [0, 0.05) is 43.3 Å². The van der Waals surface area contributed by atoms with Crippen LogP contribution < -0.4 is 27.2 Å². The number of urea groups is 1. The van der Waals surface area contributed by atoms with Gasteiger partial charge >= 0.3 is 6.03 Å². The highest BCUT2D eigenvalue weighted by Gasteiger charge is 2.19. The molecule has 0 fully saturated rings. The molecule has 2 aromatic carbocycles. The Hall–Kier alpha value is -4.50. The van der Waals surface area contributed by atoms with Gasteiger partial charge in [0.25, 0.3) is 5.56 Å². The average molecular weight is 470 g/mol. The molecule has 2 heterocycles. The van der Waals surface area contributed by atoms with Gasteiger partial charge in [-0.1, -0.05) is 48.5 Å². The van der Waals surface area contributed by atoms with Crippen molar-refractivity contribution < 1.29 is 4.79 Å². The molecule has 0 aliphatic carbocycles. The van der Waals surface area contributed by atoms with E-state index in [0.29, 0.717) is 35.9 Å². The van der Waals surface area contributed by atoms with Crippen LogP contribution >= 0.6 is 0 Å². The molecule has 9 nitrogen and oxygen atoms in total. The number of nitrogens with zero attached hydrogens (tertiary/aromatic N) is 3. The number of para-hydroxylation sites is 1. The summed E-state index contributed by atoms with van der Waals surface area (Å²) in [6.45, 7) is 0.409. The van der Waals surface area contributed by atoms with Crippen LogP contribution in [0.2, 0.25) is 0 Å². The molecular formula is C26H27N7O2. The zero-order chi connectivity index (χ0) is 24.6. The Morgan fingerprint density at radius 1 is 0.971 bits per heavy atom. The molecule has 0 aliphatic rings. The second kappa shape index (κ2) is 11.1. The highest BCUT2D eigenvalue weighted by atomic mass is 16.2. The molecule has 0 saturated carbocycles. The molecule has 0 bridgehead atoms. The molecule has 35 heavy (non-hydrogen) atoms. The topological polar surface area (TPSA) is 127 Å². The van der Waals surface area contributed by atoms with Crippen LogP contribution in [0.3, 0.4) is 0 Å². The van der Waals surface area contributed by atoms with E-state index in [9.17, 15) is 9.59 Å². The third-order valence-corrected chi connectivity index (χ3v) is 5.38. The van der Waals surface area contributed by atoms with Crippen molar-refractivity contribution in [3.8, 4) is 11.3 Å². The maximum atomic E-state index is 13.3. The van der Waals surface area contributed by atoms with E-state index >= 15 is 0 Å². The van der Waals surface area contributed by atoms with Gasteiger partial charge in [-0.25, -0.2) is 9.78 Å². The Bertz CT molecular complexity index is 1330. The van der Waals surface area contributed by atoms with Crippen molar-refractivity contribution in [3.05, 3.63) is 101 Å². The maximum Gasteiger partial charge on any atom is 0.323 e. The minimum Gasteiger partial charge on any atom is -0.354 e. The standard InChI is InChI=1S/C26H27N7O2/c1-33-24(34)23(32-26(35)30-21-10-6-3-7-11-21)22(19-12-14-28-15-13-19)31-25(33)29-17-20(27)16-18-8-4-2-5-9-18/h2-15,20H,16-17,27H2,1H3,(H,29,31)(H2,30,32,35). The van der Waals surface area contributed by atoms with Gasteiger partial charge in [0.1, 0.15) is 11.4 Å². The fourth-order valence-electron chi connectivity index (χ4n) is 3.60. The highest BCUT2D eigenvalue weighted by molar-refractivity contribution is 6.01. The van der Waals surface area contributed by atoms with E-state index in [-0.39, 0.29) is 11.7 Å². The van der Waals surface area contributed by atoms with Crippen molar-refractivity contribution in [2.24, 2.45) is 12.8 Å². The number of amides is 2. The van der Waals surface area contributed by atoms with Crippen LogP contribution in [0, 0.1) is 0 Å². The van der Waals surface area contributed by atoms with Crippen molar-refractivity contribution in [3.63, 3.8) is 0 Å². The predicted octanol–water partition coefficient (Wildman–Crippen LogP) is 3.47. The van der Waals surface area contributed by atoms with E-state index in [1.54, 1.807) is 43.7 Å². The number of hydrogen-bond donors (Lipinski definition) is 4. The first-order valence-electron chi connectivity index (χ1n) is 11.2. The molecule has 4 aromatic rings. The third-order valence-electron chi connectivity index (χ3n) is 5.38. The minimum atomic E-state index is -0.545. The summed E-state index contributed by atoms with van der Waals surface area (Å²) in [6, 6.07) is 21.7. The first kappa shape index (κ1) is 23.7. The summed E-state index contributed by atoms with van der Waals surface area (Å²) in [7, 11) is 1.59. The highest BCUT2D eigenvalue weighted by Crippen LogP contribution is 2.24. The number of nitrogens with one attached hydrogen (secondary N) is 3. The molecule has 2 aromatic heterocycles. The van der Waals surface area contributed by atoms with Gasteiger partial charge in [0.2, 0.25) is 5.95 Å². The fourth-order valence-corrected chi connectivity index (χ4v) is 3.60. The van der Waals surface area contributed by atoms with Gasteiger partial charge in [-0.05, 0) is 36.2 Å². The lowest BCUT2D eigenvalue weighted by atomic mass is 10.1. The normalized spacial score (nSPS) is 11.5. The fraction of sp³-hybridized carbons (Fsp3) is 0.154. The summed E-state index contributed by atoms with van der Waals surface area (Å²) in [5.41, 5.74) is 8.67. The molecule has 5 N–H and O–H groups in total. The zero-order valence-electron chi connectivity index (χ0n) is 19.3. The molecule has 0 radical (unpaired) electrons. The molecular weight excluding hydrogens is 442 g/mol. The zero-order valence-corrected chi connectivity index (χ0v) is 19.3. The SMILES string of the molecule is Cn1c(NCC(N)Cc2ccccc2)nc(-c2ccncc2)c(NC(=O)Nc2ccccc2)c1=O. The van der Waals surface area contributed by atoms with E-state index in [2.05, 4.69) is 25.9 Å². The Balaban J connectivity index is 1.59. The van der Waals surface area contributed by atoms with Gasteiger partial charge in [-0.3, -0.25) is 14.3 Å². The average Bonchev–Trinajstić information content (AvgIpc) is 2.88. The van der Waals surface area contributed by atoms with Crippen LogP contribution in [-0.4, -0.2) is 33.2 Å². The lowest BCUT2D eigenvalue weighted by molar-refractivity contribution is 0.262. The maximum absolute atomic E-state index is 13.3. The number of hydrogen-bond acceptors (Lipinski definition) is 6. The van der Waals surface area contributed by atoms with Gasteiger partial charge in [-0.2, -0.15) is 0 Å². The number of carbonyl (C=O) groups is 1. The number of aromatic nitrogens is 3. The molecule has 1 atom stereocenters. The predicted molar refractivity (Wildman–Crippen MR) is 138 cm³/mol. The lowest BCUT2D eigenvalue weighted by Crippen LogP contribution is -2.34. The van der Waals surface area contributed by atoms with Crippen LogP contribution in [0.5, 0.6) is 0 Å². The first-order chi connectivity index (χ1) is 17.0. The largest absolute Gasteiger partial charge is 0.354 e. The monoisotopic (exact) mass is 469 g/mol. The van der Waals surface area contributed by atoms with E-state index < -0.39 is 11.6 Å². The van der Waals surface area contributed by atoms with Gasteiger partial charge < -0.3 is 21.7 Å². The second-order valence-electron chi connectivity index (χ2n) is 8.03. The molecule has 178 valence electrons. The number of benzene rings is 2. The summed E-state index contributed by atoms with van der Waals surface area (Å²) in [5.74, 6) is 0.347. The molecule has 2 amide bonds. The molecule has 9 heteroatoms. The molecule has 1 unspecified atom stereocenters. The summed E-state index contributed by atoms with van der Waals surface area (Å²) < 4.78 is 1.36. The number of carbonyl (C=O) groups excluding carboxylic acids is 1. The smallest absolute Gasteiger partial charge is 0.323 e. The van der Waals surface area contributed by atoms with Crippen molar-refractivity contribution in [2.45, 2.75) is 12.5 Å². The molecule has 0 saturated heterocycles. The van der Waals surface area contributed by atoms with Crippen molar-refractivity contribution in [1.29, 1.82) is 0 Å². The third kappa shape index (κ3) is 6.10. The Kier molecular flexibility index (Phi) is 7.49. The number of nitrogens with two attached hydrogens (primary N) is 1. The Morgan fingerprint density at radius 3 is 2.31 bits per heavy atom.